The second-order valence-corrected chi connectivity index (χ2v) is 2.95. The number of carbonyl (C=O) groups is 2. The van der Waals surface area contributed by atoms with Gasteiger partial charge in [0.15, 0.2) is 5.78 Å². The van der Waals surface area contributed by atoms with Crippen molar-refractivity contribution in [3.8, 4) is 6.07 Å². The number of aromatic nitrogens is 1. The topological polar surface area (TPSA) is 80.0 Å². The van der Waals surface area contributed by atoms with E-state index in [1.54, 1.807) is 6.92 Å². The normalized spacial score (nSPS) is 9.25. The highest BCUT2D eigenvalue weighted by atomic mass is 16.5. The SMILES string of the molecule is CCOC(=O)CC(=O)c1ccc(C#N)nc1. The highest BCUT2D eigenvalue weighted by Crippen LogP contribution is 2.04. The van der Waals surface area contributed by atoms with E-state index in [0.717, 1.165) is 0 Å². The second-order valence-electron chi connectivity index (χ2n) is 2.95. The van der Waals surface area contributed by atoms with Gasteiger partial charge in [0, 0.05) is 11.8 Å². The first kappa shape index (κ1) is 11.9. The molecule has 0 aliphatic carbocycles. The molecule has 5 nitrogen and oxygen atoms in total. The average Bonchev–Trinajstić information content (AvgIpc) is 2.29. The maximum atomic E-state index is 11.5. The number of ether oxygens (including phenoxy) is 1. The molecule has 0 radical (unpaired) electrons. The number of rotatable bonds is 4. The Labute approximate surface area is 92.7 Å². The minimum absolute atomic E-state index is 0.229. The van der Waals surface area contributed by atoms with Crippen LogP contribution in [0.1, 0.15) is 29.4 Å². The maximum absolute atomic E-state index is 11.5. The van der Waals surface area contributed by atoms with Crippen molar-refractivity contribution in [2.45, 2.75) is 13.3 Å². The summed E-state index contributed by atoms with van der Waals surface area (Å²) in [5.74, 6) is -0.924. The maximum Gasteiger partial charge on any atom is 0.313 e. The van der Waals surface area contributed by atoms with Crippen LogP contribution < -0.4 is 0 Å². The molecule has 0 saturated carbocycles. The first-order valence-electron chi connectivity index (χ1n) is 4.72. The number of esters is 1. The molecule has 0 spiro atoms. The predicted octanol–water partition coefficient (Wildman–Crippen LogP) is 1.09. The van der Waals surface area contributed by atoms with Crippen LogP contribution >= 0.6 is 0 Å². The van der Waals surface area contributed by atoms with Crippen molar-refractivity contribution in [3.63, 3.8) is 0 Å². The van der Waals surface area contributed by atoms with Gasteiger partial charge in [0.25, 0.3) is 0 Å². The lowest BCUT2D eigenvalue weighted by atomic mass is 10.1. The largest absolute Gasteiger partial charge is 0.466 e. The summed E-state index contributed by atoms with van der Waals surface area (Å²) in [4.78, 5) is 26.3. The Morgan fingerprint density at radius 2 is 2.25 bits per heavy atom. The van der Waals surface area contributed by atoms with E-state index < -0.39 is 5.97 Å². The predicted molar refractivity (Wildman–Crippen MR) is 54.5 cm³/mol. The lowest BCUT2D eigenvalue weighted by Gasteiger charge is -2.01. The van der Waals surface area contributed by atoms with E-state index in [9.17, 15) is 9.59 Å². The summed E-state index contributed by atoms with van der Waals surface area (Å²) in [7, 11) is 0. The molecule has 0 unspecified atom stereocenters. The summed E-state index contributed by atoms with van der Waals surface area (Å²) in [5.41, 5.74) is 0.528. The van der Waals surface area contributed by atoms with Crippen LogP contribution in [0.3, 0.4) is 0 Å². The summed E-state index contributed by atoms with van der Waals surface area (Å²) < 4.78 is 4.65. The van der Waals surface area contributed by atoms with Crippen molar-refractivity contribution >= 4 is 11.8 Å². The van der Waals surface area contributed by atoms with E-state index >= 15 is 0 Å². The second kappa shape index (κ2) is 5.61. The number of pyridine rings is 1. The van der Waals surface area contributed by atoms with Crippen molar-refractivity contribution in [1.29, 1.82) is 5.26 Å². The fourth-order valence-corrected chi connectivity index (χ4v) is 1.07. The molecule has 0 atom stereocenters. The zero-order chi connectivity index (χ0) is 12.0. The Hall–Kier alpha value is -2.22. The molecule has 82 valence electrons. The zero-order valence-electron chi connectivity index (χ0n) is 8.77. The van der Waals surface area contributed by atoms with Crippen LogP contribution in [0.25, 0.3) is 0 Å². The third-order valence-electron chi connectivity index (χ3n) is 1.81. The van der Waals surface area contributed by atoms with E-state index in [1.807, 2.05) is 6.07 Å². The first-order chi connectivity index (χ1) is 7.67. The van der Waals surface area contributed by atoms with Crippen LogP contribution in [0.15, 0.2) is 18.3 Å². The average molecular weight is 218 g/mol. The number of nitrogens with zero attached hydrogens (tertiary/aromatic N) is 2. The van der Waals surface area contributed by atoms with Gasteiger partial charge < -0.3 is 4.74 Å². The van der Waals surface area contributed by atoms with E-state index in [1.165, 1.54) is 18.3 Å². The highest BCUT2D eigenvalue weighted by molar-refractivity contribution is 6.05. The van der Waals surface area contributed by atoms with Crippen LogP contribution in [0, 0.1) is 11.3 Å². The number of nitriles is 1. The third kappa shape index (κ3) is 3.17. The van der Waals surface area contributed by atoms with Gasteiger partial charge in [-0.3, -0.25) is 9.59 Å². The number of Topliss-reactive ketones (excluding diaryl/α,β-unsaturated/α-hetero) is 1. The van der Waals surface area contributed by atoms with Crippen molar-refractivity contribution in [3.05, 3.63) is 29.6 Å². The number of carbonyl (C=O) groups excluding carboxylic acids is 2. The Balaban J connectivity index is 2.67. The quantitative estimate of drug-likeness (QED) is 0.429. The van der Waals surface area contributed by atoms with Crippen LogP contribution in [0.5, 0.6) is 0 Å². The zero-order valence-corrected chi connectivity index (χ0v) is 8.77. The molecule has 0 saturated heterocycles. The molecule has 0 fully saturated rings. The Bertz CT molecular complexity index is 432. The molecular formula is C11H10N2O3. The van der Waals surface area contributed by atoms with Crippen molar-refractivity contribution in [2.75, 3.05) is 6.61 Å². The summed E-state index contributed by atoms with van der Waals surface area (Å²) in [5, 5.41) is 8.51. The van der Waals surface area contributed by atoms with Crippen LogP contribution in [0.2, 0.25) is 0 Å². The molecule has 0 N–H and O–H groups in total. The Kier molecular flexibility index (Phi) is 4.16. The number of hydrogen-bond acceptors (Lipinski definition) is 5. The van der Waals surface area contributed by atoms with Gasteiger partial charge in [-0.05, 0) is 19.1 Å². The molecular weight excluding hydrogens is 208 g/mol. The van der Waals surface area contributed by atoms with Crippen molar-refractivity contribution in [2.24, 2.45) is 0 Å². The molecule has 16 heavy (non-hydrogen) atoms. The van der Waals surface area contributed by atoms with E-state index in [4.69, 9.17) is 5.26 Å². The number of hydrogen-bond donors (Lipinski definition) is 0. The van der Waals surface area contributed by atoms with Crippen molar-refractivity contribution < 1.29 is 14.3 Å². The van der Waals surface area contributed by atoms with E-state index in [0.29, 0.717) is 5.56 Å². The molecule has 1 aromatic rings. The molecule has 0 aliphatic rings. The molecule has 0 aromatic carbocycles. The standard InChI is InChI=1S/C11H10N2O3/c1-2-16-11(15)5-10(14)8-3-4-9(6-12)13-7-8/h3-4,7H,2,5H2,1H3. The van der Waals surface area contributed by atoms with Crippen LogP contribution in [-0.4, -0.2) is 23.3 Å². The van der Waals surface area contributed by atoms with E-state index in [-0.39, 0.29) is 24.5 Å². The van der Waals surface area contributed by atoms with Gasteiger partial charge in [-0.1, -0.05) is 0 Å². The van der Waals surface area contributed by atoms with E-state index in [2.05, 4.69) is 9.72 Å². The third-order valence-corrected chi connectivity index (χ3v) is 1.81. The lowest BCUT2D eigenvalue weighted by Crippen LogP contribution is -2.11. The summed E-state index contributed by atoms with van der Waals surface area (Å²) in [6, 6.07) is 4.73. The Morgan fingerprint density at radius 1 is 1.50 bits per heavy atom. The molecule has 1 aromatic heterocycles. The first-order valence-corrected chi connectivity index (χ1v) is 4.72. The summed E-state index contributed by atoms with van der Waals surface area (Å²) >= 11 is 0. The van der Waals surface area contributed by atoms with Gasteiger partial charge in [-0.15, -0.1) is 0 Å². The molecule has 0 aliphatic heterocycles. The fourth-order valence-electron chi connectivity index (χ4n) is 1.07. The molecule has 5 heteroatoms. The summed E-state index contributed by atoms with van der Waals surface area (Å²) in [6.45, 7) is 1.92. The smallest absolute Gasteiger partial charge is 0.313 e. The monoisotopic (exact) mass is 218 g/mol. The minimum atomic E-state index is -0.558. The van der Waals surface area contributed by atoms with Crippen LogP contribution in [-0.2, 0) is 9.53 Å². The minimum Gasteiger partial charge on any atom is -0.466 e. The molecule has 0 amide bonds. The Morgan fingerprint density at radius 3 is 2.75 bits per heavy atom. The van der Waals surface area contributed by atoms with Gasteiger partial charge in [-0.2, -0.15) is 5.26 Å². The van der Waals surface area contributed by atoms with Crippen molar-refractivity contribution in [1.82, 2.24) is 4.98 Å². The molecule has 1 rings (SSSR count). The molecule has 0 bridgehead atoms. The van der Waals surface area contributed by atoms with Crippen LogP contribution in [0.4, 0.5) is 0 Å². The molecule has 1 heterocycles. The summed E-state index contributed by atoms with van der Waals surface area (Å²) in [6.07, 6.45) is 0.974. The highest BCUT2D eigenvalue weighted by Gasteiger charge is 2.12. The number of ketones is 1. The van der Waals surface area contributed by atoms with Gasteiger partial charge in [0.1, 0.15) is 18.2 Å². The fraction of sp³-hybridized carbons (Fsp3) is 0.273. The van der Waals surface area contributed by atoms with Gasteiger partial charge in [0.2, 0.25) is 0 Å². The van der Waals surface area contributed by atoms with Gasteiger partial charge in [0.05, 0.1) is 6.61 Å². The van der Waals surface area contributed by atoms with Gasteiger partial charge in [-0.25, -0.2) is 4.98 Å². The lowest BCUT2D eigenvalue weighted by molar-refractivity contribution is -0.141. The van der Waals surface area contributed by atoms with Gasteiger partial charge >= 0.3 is 5.97 Å².